The summed E-state index contributed by atoms with van der Waals surface area (Å²) in [6.45, 7) is 6.95. The van der Waals surface area contributed by atoms with Gasteiger partial charge < -0.3 is 15.2 Å². The minimum atomic E-state index is -0.580. The molecule has 15 heavy (non-hydrogen) atoms. The van der Waals surface area contributed by atoms with E-state index < -0.39 is 4.92 Å². The van der Waals surface area contributed by atoms with Crippen LogP contribution in [0.5, 0.6) is 0 Å². The van der Waals surface area contributed by atoms with E-state index in [2.05, 4.69) is 18.5 Å². The van der Waals surface area contributed by atoms with Crippen molar-refractivity contribution in [1.29, 1.82) is 0 Å². The Balaban J connectivity index is 3.03. The van der Waals surface area contributed by atoms with E-state index in [9.17, 15) is 10.1 Å². The minimum absolute atomic E-state index is 0.167. The highest BCUT2D eigenvalue weighted by molar-refractivity contribution is 5.31. The van der Waals surface area contributed by atoms with Crippen molar-refractivity contribution in [1.82, 2.24) is 5.32 Å². The van der Waals surface area contributed by atoms with E-state index in [4.69, 9.17) is 9.84 Å². The van der Waals surface area contributed by atoms with Crippen molar-refractivity contribution < 1.29 is 14.8 Å². The van der Waals surface area contributed by atoms with Gasteiger partial charge in [-0.2, -0.15) is 0 Å². The van der Waals surface area contributed by atoms with Gasteiger partial charge in [0.15, 0.2) is 5.70 Å². The molecular formula is C9H12N2O4. The van der Waals surface area contributed by atoms with E-state index >= 15 is 0 Å². The third kappa shape index (κ3) is 2.35. The van der Waals surface area contributed by atoms with Gasteiger partial charge in [-0.3, -0.25) is 10.1 Å². The van der Waals surface area contributed by atoms with Gasteiger partial charge in [0.1, 0.15) is 12.4 Å². The quantitative estimate of drug-likeness (QED) is 0.514. The number of nitrogens with one attached hydrogen (secondary N) is 1. The number of hydrogen-bond donors (Lipinski definition) is 2. The van der Waals surface area contributed by atoms with Crippen LogP contribution in [0.15, 0.2) is 36.4 Å². The highest BCUT2D eigenvalue weighted by atomic mass is 16.6. The van der Waals surface area contributed by atoms with Crippen LogP contribution in [-0.4, -0.2) is 29.3 Å². The summed E-state index contributed by atoms with van der Waals surface area (Å²) >= 11 is 0. The number of hydrogen-bond acceptors (Lipinski definition) is 5. The van der Waals surface area contributed by atoms with Crippen LogP contribution in [0.4, 0.5) is 0 Å². The molecule has 0 radical (unpaired) electrons. The highest BCUT2D eigenvalue weighted by Crippen LogP contribution is 2.18. The number of aliphatic hydroxyl groups is 1. The monoisotopic (exact) mass is 212 g/mol. The maximum Gasteiger partial charge on any atom is 0.295 e. The molecule has 1 atom stereocenters. The Labute approximate surface area is 86.7 Å². The lowest BCUT2D eigenvalue weighted by Gasteiger charge is -2.26. The summed E-state index contributed by atoms with van der Waals surface area (Å²) in [6.07, 6.45) is 1.11. The Kier molecular flexibility index (Phi) is 3.46. The molecule has 1 aliphatic heterocycles. The molecule has 0 bridgehead atoms. The van der Waals surface area contributed by atoms with Gasteiger partial charge in [0, 0.05) is 6.08 Å². The molecule has 82 valence electrons. The summed E-state index contributed by atoms with van der Waals surface area (Å²) in [4.78, 5) is 10.1. The van der Waals surface area contributed by atoms with Crippen molar-refractivity contribution in [3.63, 3.8) is 0 Å². The second-order valence-electron chi connectivity index (χ2n) is 2.98. The number of nitro groups is 1. The van der Waals surface area contributed by atoms with Crippen molar-refractivity contribution in [3.8, 4) is 0 Å². The maximum atomic E-state index is 10.6. The number of morpholine rings is 1. The minimum Gasteiger partial charge on any atom is -0.490 e. The molecule has 1 rings (SSSR count). The van der Waals surface area contributed by atoms with Crippen molar-refractivity contribution in [2.75, 3.05) is 13.2 Å². The number of nitrogens with zero attached hydrogens (tertiary/aromatic N) is 1. The third-order valence-electron chi connectivity index (χ3n) is 1.95. The van der Waals surface area contributed by atoms with E-state index in [1.807, 2.05) is 0 Å². The van der Waals surface area contributed by atoms with Gasteiger partial charge in [-0.1, -0.05) is 13.2 Å². The largest absolute Gasteiger partial charge is 0.490 e. The summed E-state index contributed by atoms with van der Waals surface area (Å²) in [7, 11) is 0. The van der Waals surface area contributed by atoms with Crippen LogP contribution >= 0.6 is 0 Å². The maximum absolute atomic E-state index is 10.6. The van der Waals surface area contributed by atoms with Crippen LogP contribution in [0.2, 0.25) is 0 Å². The van der Waals surface area contributed by atoms with Crippen LogP contribution in [0, 0.1) is 10.1 Å². The summed E-state index contributed by atoms with van der Waals surface area (Å²) < 4.78 is 5.10. The van der Waals surface area contributed by atoms with Crippen LogP contribution in [0.1, 0.15) is 0 Å². The van der Waals surface area contributed by atoms with Gasteiger partial charge in [-0.25, -0.2) is 0 Å². The van der Waals surface area contributed by atoms with E-state index in [0.29, 0.717) is 0 Å². The van der Waals surface area contributed by atoms with Gasteiger partial charge in [0.25, 0.3) is 5.70 Å². The van der Waals surface area contributed by atoms with Crippen molar-refractivity contribution in [2.45, 2.75) is 6.04 Å². The molecule has 0 aromatic heterocycles. The van der Waals surface area contributed by atoms with Crippen molar-refractivity contribution >= 4 is 0 Å². The molecule has 6 nitrogen and oxygen atoms in total. The Hall–Kier alpha value is -1.82. The average molecular weight is 212 g/mol. The molecule has 0 spiro atoms. The lowest BCUT2D eigenvalue weighted by Crippen LogP contribution is -2.42. The first kappa shape index (κ1) is 11.3. The smallest absolute Gasteiger partial charge is 0.295 e. The first-order valence-corrected chi connectivity index (χ1v) is 4.30. The lowest BCUT2D eigenvalue weighted by molar-refractivity contribution is -0.420. The molecule has 1 aliphatic rings. The second kappa shape index (κ2) is 4.61. The van der Waals surface area contributed by atoms with E-state index in [0.717, 1.165) is 6.08 Å². The molecule has 0 aromatic rings. The first-order valence-electron chi connectivity index (χ1n) is 4.30. The number of allylic oxidation sites excluding steroid dienone is 1. The molecule has 0 amide bonds. The van der Waals surface area contributed by atoms with Crippen LogP contribution in [0.3, 0.4) is 0 Å². The van der Waals surface area contributed by atoms with Crippen LogP contribution in [-0.2, 0) is 4.74 Å². The van der Waals surface area contributed by atoms with Crippen molar-refractivity contribution in [2.24, 2.45) is 0 Å². The fourth-order valence-electron chi connectivity index (χ4n) is 1.18. The lowest BCUT2D eigenvalue weighted by atomic mass is 10.2. The van der Waals surface area contributed by atoms with E-state index in [1.54, 1.807) is 0 Å². The molecule has 2 N–H and O–H groups in total. The standard InChI is InChI=1S/C9H12N2O4/c1-3-8(11(13)14)9-6(2)15-5-7(4-12)10-9/h3,7,10,12H,1-2,4-5H2/b9-8-. The van der Waals surface area contributed by atoms with Crippen LogP contribution < -0.4 is 5.32 Å². The zero-order valence-corrected chi connectivity index (χ0v) is 8.10. The third-order valence-corrected chi connectivity index (χ3v) is 1.95. The predicted molar refractivity (Wildman–Crippen MR) is 53.3 cm³/mol. The normalized spacial score (nSPS) is 23.8. The Morgan fingerprint density at radius 1 is 1.87 bits per heavy atom. The number of ether oxygens (including phenoxy) is 1. The second-order valence-corrected chi connectivity index (χ2v) is 2.98. The molecule has 0 aliphatic carbocycles. The van der Waals surface area contributed by atoms with Gasteiger partial charge in [0.2, 0.25) is 0 Å². The molecule has 0 aromatic carbocycles. The predicted octanol–water partition coefficient (Wildman–Crippen LogP) is 0.155. The zero-order valence-electron chi connectivity index (χ0n) is 8.10. The molecule has 0 saturated carbocycles. The molecule has 1 fully saturated rings. The molecule has 1 unspecified atom stereocenters. The molecule has 1 heterocycles. The van der Waals surface area contributed by atoms with Gasteiger partial charge >= 0.3 is 0 Å². The van der Waals surface area contributed by atoms with Crippen molar-refractivity contribution in [3.05, 3.63) is 46.5 Å². The Morgan fingerprint density at radius 3 is 3.00 bits per heavy atom. The van der Waals surface area contributed by atoms with E-state index in [-0.39, 0.29) is 36.4 Å². The summed E-state index contributed by atoms with van der Waals surface area (Å²) in [5, 5.41) is 22.3. The van der Waals surface area contributed by atoms with Gasteiger partial charge in [-0.05, 0) is 0 Å². The Bertz CT molecular complexity index is 335. The highest BCUT2D eigenvalue weighted by Gasteiger charge is 2.26. The fourth-order valence-corrected chi connectivity index (χ4v) is 1.18. The summed E-state index contributed by atoms with van der Waals surface area (Å²) in [5.74, 6) is 0.186. The topological polar surface area (TPSA) is 84.6 Å². The molecule has 6 heteroatoms. The summed E-state index contributed by atoms with van der Waals surface area (Å²) in [6, 6.07) is -0.361. The van der Waals surface area contributed by atoms with Gasteiger partial charge in [-0.15, -0.1) is 0 Å². The fraction of sp³-hybridized carbons (Fsp3) is 0.333. The average Bonchev–Trinajstić information content (AvgIpc) is 2.21. The van der Waals surface area contributed by atoms with E-state index in [1.165, 1.54) is 0 Å². The molecule has 1 saturated heterocycles. The summed E-state index contributed by atoms with van der Waals surface area (Å²) in [5.41, 5.74) is -0.0431. The Morgan fingerprint density at radius 2 is 2.53 bits per heavy atom. The number of aliphatic hydroxyl groups excluding tert-OH is 1. The zero-order chi connectivity index (χ0) is 11.4. The van der Waals surface area contributed by atoms with Crippen LogP contribution in [0.25, 0.3) is 0 Å². The SMILES string of the molecule is C=C/C(=C1/NC(CO)COC1=C)[N+](=O)[O-]. The number of rotatable bonds is 3. The molecular weight excluding hydrogens is 200 g/mol. The van der Waals surface area contributed by atoms with Gasteiger partial charge in [0.05, 0.1) is 17.6 Å². The first-order chi connectivity index (χ1) is 7.10.